The minimum atomic E-state index is -3.83. The molecule has 1 saturated heterocycles. The minimum Gasteiger partial charge on any atom is -0.325 e. The number of nitrogens with zero attached hydrogens (tertiary/aromatic N) is 1. The molecule has 2 aromatic rings. The van der Waals surface area contributed by atoms with E-state index in [4.69, 9.17) is 5.14 Å². The highest BCUT2D eigenvalue weighted by Crippen LogP contribution is 2.21. The average molecular weight is 388 g/mol. The molecule has 3 rings (SSSR count). The molecule has 1 aliphatic rings. The summed E-state index contributed by atoms with van der Waals surface area (Å²) in [6, 6.07) is 12.4. The maximum Gasteiger partial charge on any atom is 0.325 e. The molecule has 27 heavy (non-hydrogen) atoms. The van der Waals surface area contributed by atoms with Gasteiger partial charge in [0.25, 0.3) is 5.91 Å². The van der Waals surface area contributed by atoms with Crippen molar-refractivity contribution < 1.29 is 22.8 Å². The number of carbonyl (C=O) groups excluding carboxylic acids is 3. The van der Waals surface area contributed by atoms with E-state index in [9.17, 15) is 22.8 Å². The smallest absolute Gasteiger partial charge is 0.325 e. The van der Waals surface area contributed by atoms with Crippen molar-refractivity contribution in [3.8, 4) is 0 Å². The Hall–Kier alpha value is -3.24. The zero-order valence-electron chi connectivity index (χ0n) is 14.0. The molecule has 0 bridgehead atoms. The first-order chi connectivity index (χ1) is 12.8. The van der Waals surface area contributed by atoms with Crippen LogP contribution in [0.2, 0.25) is 0 Å². The molecule has 0 radical (unpaired) electrons. The van der Waals surface area contributed by atoms with Gasteiger partial charge in [-0.05, 0) is 29.8 Å². The fourth-order valence-electron chi connectivity index (χ4n) is 2.61. The molecule has 2 aromatic carbocycles. The van der Waals surface area contributed by atoms with Crippen molar-refractivity contribution in [3.63, 3.8) is 0 Å². The number of imide groups is 1. The van der Waals surface area contributed by atoms with Gasteiger partial charge in [-0.25, -0.2) is 18.4 Å². The van der Waals surface area contributed by atoms with E-state index in [0.29, 0.717) is 11.3 Å². The number of hydrogen-bond acceptors (Lipinski definition) is 5. The van der Waals surface area contributed by atoms with E-state index in [1.54, 1.807) is 30.3 Å². The lowest BCUT2D eigenvalue weighted by atomic mass is 10.1. The highest BCUT2D eigenvalue weighted by molar-refractivity contribution is 7.89. The zero-order chi connectivity index (χ0) is 19.6. The van der Waals surface area contributed by atoms with Crippen LogP contribution in [0.25, 0.3) is 0 Å². The summed E-state index contributed by atoms with van der Waals surface area (Å²) in [5.41, 5.74) is 0.927. The summed E-state index contributed by atoms with van der Waals surface area (Å²) in [4.78, 5) is 37.4. The number of rotatable bonds is 5. The molecule has 9 nitrogen and oxygen atoms in total. The third-order valence-corrected chi connectivity index (χ3v) is 4.86. The maximum atomic E-state index is 12.4. The lowest BCUT2D eigenvalue weighted by Gasteiger charge is -2.13. The van der Waals surface area contributed by atoms with Gasteiger partial charge >= 0.3 is 6.03 Å². The monoisotopic (exact) mass is 388 g/mol. The Kier molecular flexibility index (Phi) is 4.93. The lowest BCUT2D eigenvalue weighted by molar-refractivity contribution is -0.130. The van der Waals surface area contributed by atoms with E-state index in [2.05, 4.69) is 10.6 Å². The molecular formula is C17H16N4O5S. The maximum absolute atomic E-state index is 12.4. The number of hydrogen-bond donors (Lipinski definition) is 3. The summed E-state index contributed by atoms with van der Waals surface area (Å²) >= 11 is 0. The summed E-state index contributed by atoms with van der Waals surface area (Å²) in [6.07, 6.45) is 0. The van der Waals surface area contributed by atoms with Crippen molar-refractivity contribution in [2.24, 2.45) is 5.14 Å². The van der Waals surface area contributed by atoms with Crippen LogP contribution < -0.4 is 15.8 Å². The predicted molar refractivity (Wildman–Crippen MR) is 95.9 cm³/mol. The third kappa shape index (κ3) is 4.13. The van der Waals surface area contributed by atoms with Crippen LogP contribution in [-0.2, 0) is 19.6 Å². The van der Waals surface area contributed by atoms with Crippen LogP contribution in [-0.4, -0.2) is 37.7 Å². The standard InChI is InChI=1S/C17H16N4O5S/c18-27(25,26)13-8-6-12(7-9-13)19-14(22)10-21-16(23)15(20-17(21)24)11-4-2-1-3-5-11/h1-9,15H,10H2,(H,19,22)(H,20,24)(H2,18,25,26). The van der Waals surface area contributed by atoms with Crippen molar-refractivity contribution in [2.75, 3.05) is 11.9 Å². The SMILES string of the molecule is NS(=O)(=O)c1ccc(NC(=O)CN2C(=O)NC(c3ccccc3)C2=O)cc1. The summed E-state index contributed by atoms with van der Waals surface area (Å²) in [7, 11) is -3.83. The van der Waals surface area contributed by atoms with Crippen LogP contribution in [0.3, 0.4) is 0 Å². The van der Waals surface area contributed by atoms with Gasteiger partial charge in [0, 0.05) is 5.69 Å². The molecule has 1 fully saturated rings. The van der Waals surface area contributed by atoms with E-state index in [1.165, 1.54) is 24.3 Å². The number of sulfonamides is 1. The number of benzene rings is 2. The second-order valence-corrected chi connectivity index (χ2v) is 7.40. The highest BCUT2D eigenvalue weighted by Gasteiger charge is 2.39. The Balaban J connectivity index is 1.65. The second-order valence-electron chi connectivity index (χ2n) is 5.84. The van der Waals surface area contributed by atoms with E-state index in [-0.39, 0.29) is 4.90 Å². The van der Waals surface area contributed by atoms with Gasteiger partial charge in [0.15, 0.2) is 0 Å². The summed E-state index contributed by atoms with van der Waals surface area (Å²) < 4.78 is 22.4. The quantitative estimate of drug-likeness (QED) is 0.643. The summed E-state index contributed by atoms with van der Waals surface area (Å²) in [5, 5.41) is 10.0. The molecule has 4 N–H and O–H groups in total. The zero-order valence-corrected chi connectivity index (χ0v) is 14.8. The van der Waals surface area contributed by atoms with Gasteiger partial charge in [-0.1, -0.05) is 30.3 Å². The Morgan fingerprint density at radius 2 is 1.70 bits per heavy atom. The first-order valence-corrected chi connectivity index (χ1v) is 9.40. The predicted octanol–water partition coefficient (Wildman–Crippen LogP) is 0.566. The van der Waals surface area contributed by atoms with E-state index < -0.39 is 40.5 Å². The van der Waals surface area contributed by atoms with E-state index in [0.717, 1.165) is 4.90 Å². The number of primary sulfonamides is 1. The van der Waals surface area contributed by atoms with Crippen molar-refractivity contribution in [3.05, 3.63) is 60.2 Å². The molecule has 10 heteroatoms. The number of anilines is 1. The molecule has 4 amide bonds. The molecule has 1 atom stereocenters. The largest absolute Gasteiger partial charge is 0.325 e. The Bertz CT molecular complexity index is 990. The normalized spacial score (nSPS) is 16.9. The molecule has 1 unspecified atom stereocenters. The molecule has 0 saturated carbocycles. The minimum absolute atomic E-state index is 0.0969. The van der Waals surface area contributed by atoms with Crippen molar-refractivity contribution in [1.29, 1.82) is 0 Å². The van der Waals surface area contributed by atoms with Gasteiger partial charge in [0.1, 0.15) is 12.6 Å². The fraction of sp³-hybridized carbons (Fsp3) is 0.118. The Morgan fingerprint density at radius 3 is 2.30 bits per heavy atom. The molecule has 0 aliphatic carbocycles. The Morgan fingerprint density at radius 1 is 1.07 bits per heavy atom. The molecule has 140 valence electrons. The third-order valence-electron chi connectivity index (χ3n) is 3.93. The van der Waals surface area contributed by atoms with E-state index >= 15 is 0 Å². The van der Waals surface area contributed by atoms with Crippen LogP contribution in [0.15, 0.2) is 59.5 Å². The summed E-state index contributed by atoms with van der Waals surface area (Å²) in [5.74, 6) is -1.12. The first kappa shape index (κ1) is 18.5. The van der Waals surface area contributed by atoms with Crippen molar-refractivity contribution >= 4 is 33.6 Å². The van der Waals surface area contributed by atoms with Gasteiger partial charge in [-0.15, -0.1) is 0 Å². The van der Waals surface area contributed by atoms with Gasteiger partial charge in [-0.3, -0.25) is 14.5 Å². The van der Waals surface area contributed by atoms with Gasteiger partial charge < -0.3 is 10.6 Å². The molecule has 0 spiro atoms. The lowest BCUT2D eigenvalue weighted by Crippen LogP contribution is -2.38. The van der Waals surface area contributed by atoms with Crippen LogP contribution >= 0.6 is 0 Å². The number of urea groups is 1. The van der Waals surface area contributed by atoms with Crippen LogP contribution in [0, 0.1) is 0 Å². The highest BCUT2D eigenvalue weighted by atomic mass is 32.2. The topological polar surface area (TPSA) is 139 Å². The second kappa shape index (κ2) is 7.17. The van der Waals surface area contributed by atoms with Gasteiger partial charge in [-0.2, -0.15) is 0 Å². The van der Waals surface area contributed by atoms with Crippen LogP contribution in [0.4, 0.5) is 10.5 Å². The van der Waals surface area contributed by atoms with Gasteiger partial charge in [0.05, 0.1) is 4.90 Å². The number of amides is 4. The number of nitrogens with two attached hydrogens (primary N) is 1. The number of nitrogens with one attached hydrogen (secondary N) is 2. The van der Waals surface area contributed by atoms with Gasteiger partial charge in [0.2, 0.25) is 15.9 Å². The Labute approximate surface area is 155 Å². The van der Waals surface area contributed by atoms with Crippen LogP contribution in [0.1, 0.15) is 11.6 Å². The van der Waals surface area contributed by atoms with Crippen LogP contribution in [0.5, 0.6) is 0 Å². The van der Waals surface area contributed by atoms with Crippen molar-refractivity contribution in [2.45, 2.75) is 10.9 Å². The summed E-state index contributed by atoms with van der Waals surface area (Å²) in [6.45, 7) is -0.467. The molecule has 0 aromatic heterocycles. The average Bonchev–Trinajstić information content (AvgIpc) is 2.90. The van der Waals surface area contributed by atoms with Crippen molar-refractivity contribution in [1.82, 2.24) is 10.2 Å². The molecule has 1 aliphatic heterocycles. The van der Waals surface area contributed by atoms with E-state index in [1.807, 2.05) is 0 Å². The fourth-order valence-corrected chi connectivity index (χ4v) is 3.13. The number of carbonyl (C=O) groups is 3. The molecule has 1 heterocycles. The first-order valence-electron chi connectivity index (χ1n) is 7.85. The molecular weight excluding hydrogens is 372 g/mol.